The molecular formula is C24H27ClF3NO4S. The number of hydrogen-bond acceptors (Lipinski definition) is 4. The third-order valence-electron chi connectivity index (χ3n) is 5.27. The van der Waals surface area contributed by atoms with E-state index in [1.54, 1.807) is 12.1 Å². The molecule has 186 valence electrons. The average molecular weight is 518 g/mol. The summed E-state index contributed by atoms with van der Waals surface area (Å²) in [6.07, 6.45) is 1.33. The molecule has 2 aromatic rings. The Morgan fingerprint density at radius 1 is 1.15 bits per heavy atom. The fourth-order valence-corrected chi connectivity index (χ4v) is 5.04. The second-order valence-electron chi connectivity index (χ2n) is 8.14. The zero-order valence-electron chi connectivity index (χ0n) is 19.0. The van der Waals surface area contributed by atoms with Crippen molar-refractivity contribution in [3.8, 4) is 0 Å². The van der Waals surface area contributed by atoms with Crippen LogP contribution in [0.3, 0.4) is 0 Å². The first kappa shape index (κ1) is 27.9. The molecule has 0 aliphatic heterocycles. The Bertz CT molecular complexity index is 1000. The number of amides is 1. The maximum Gasteiger partial charge on any atom is 0.505 e. The van der Waals surface area contributed by atoms with Crippen molar-refractivity contribution in [1.82, 2.24) is 0 Å². The van der Waals surface area contributed by atoms with Gasteiger partial charge in [0.05, 0.1) is 11.6 Å². The summed E-state index contributed by atoms with van der Waals surface area (Å²) in [4.78, 5) is 23.9. The maximum absolute atomic E-state index is 13.4. The molecule has 34 heavy (non-hydrogen) atoms. The number of carboxylic acid groups (broad SMARTS) is 1. The van der Waals surface area contributed by atoms with Crippen LogP contribution in [0.2, 0.25) is 5.02 Å². The van der Waals surface area contributed by atoms with Gasteiger partial charge in [-0.15, -0.1) is 11.8 Å². The minimum atomic E-state index is -1.61. The normalized spacial score (nSPS) is 13.7. The SMILES string of the molecule is CCCC(CC(C)COC(=O)O)C(C)Sc1cc(C(=O)Nc2cc(F)c(F)c(F)c2)ccc1Cl. The summed E-state index contributed by atoms with van der Waals surface area (Å²) in [5.41, 5.74) is 0.0130. The second-order valence-corrected chi connectivity index (χ2v) is 9.97. The van der Waals surface area contributed by atoms with Gasteiger partial charge in [-0.1, -0.05) is 38.8 Å². The number of carbonyl (C=O) groups is 2. The highest BCUT2D eigenvalue weighted by Gasteiger charge is 2.23. The minimum absolute atomic E-state index is 0.0415. The molecule has 0 aliphatic carbocycles. The molecule has 0 heterocycles. The van der Waals surface area contributed by atoms with Crippen LogP contribution in [0.5, 0.6) is 0 Å². The highest BCUT2D eigenvalue weighted by Crippen LogP contribution is 2.37. The van der Waals surface area contributed by atoms with Crippen LogP contribution in [0.15, 0.2) is 35.2 Å². The largest absolute Gasteiger partial charge is 0.505 e. The quantitative estimate of drug-likeness (QED) is 0.182. The van der Waals surface area contributed by atoms with Gasteiger partial charge in [0.2, 0.25) is 0 Å². The van der Waals surface area contributed by atoms with Gasteiger partial charge >= 0.3 is 6.16 Å². The van der Waals surface area contributed by atoms with E-state index in [4.69, 9.17) is 16.7 Å². The van der Waals surface area contributed by atoms with Gasteiger partial charge in [-0.2, -0.15) is 0 Å². The molecule has 0 aromatic heterocycles. The van der Waals surface area contributed by atoms with E-state index >= 15 is 0 Å². The molecule has 5 nitrogen and oxygen atoms in total. The lowest BCUT2D eigenvalue weighted by Crippen LogP contribution is -2.20. The lowest BCUT2D eigenvalue weighted by Gasteiger charge is -2.26. The fraction of sp³-hybridized carbons (Fsp3) is 0.417. The lowest BCUT2D eigenvalue weighted by molar-refractivity contribution is 0.0750. The Hall–Kier alpha value is -2.39. The van der Waals surface area contributed by atoms with Crippen molar-refractivity contribution in [1.29, 1.82) is 0 Å². The van der Waals surface area contributed by atoms with Crippen molar-refractivity contribution >= 4 is 41.1 Å². The molecule has 0 spiro atoms. The van der Waals surface area contributed by atoms with Crippen LogP contribution in [-0.4, -0.2) is 29.0 Å². The van der Waals surface area contributed by atoms with Crippen LogP contribution in [-0.2, 0) is 4.74 Å². The molecule has 2 N–H and O–H groups in total. The summed E-state index contributed by atoms with van der Waals surface area (Å²) in [5.74, 6) is -4.74. The van der Waals surface area contributed by atoms with Gasteiger partial charge in [0.25, 0.3) is 5.91 Å². The van der Waals surface area contributed by atoms with Crippen molar-refractivity contribution < 1.29 is 32.6 Å². The molecule has 0 bridgehead atoms. The van der Waals surface area contributed by atoms with Gasteiger partial charge in [-0.25, -0.2) is 18.0 Å². The van der Waals surface area contributed by atoms with Crippen molar-refractivity contribution in [3.05, 3.63) is 58.4 Å². The molecule has 3 atom stereocenters. The Morgan fingerprint density at radius 3 is 2.38 bits per heavy atom. The molecule has 0 fully saturated rings. The fourth-order valence-electron chi connectivity index (χ4n) is 3.58. The van der Waals surface area contributed by atoms with Crippen molar-refractivity contribution in [2.75, 3.05) is 11.9 Å². The maximum atomic E-state index is 13.4. The second kappa shape index (κ2) is 12.9. The third kappa shape index (κ3) is 8.13. The van der Waals surface area contributed by atoms with Crippen LogP contribution in [0, 0.1) is 29.3 Å². The summed E-state index contributed by atoms with van der Waals surface area (Å²) in [5, 5.41) is 11.6. The van der Waals surface area contributed by atoms with E-state index in [0.29, 0.717) is 22.1 Å². The first-order chi connectivity index (χ1) is 16.0. The van der Waals surface area contributed by atoms with Gasteiger partial charge in [-0.3, -0.25) is 4.79 Å². The molecule has 1 amide bonds. The van der Waals surface area contributed by atoms with E-state index in [-0.39, 0.29) is 34.9 Å². The molecule has 3 unspecified atom stereocenters. The molecule has 0 aliphatic rings. The van der Waals surface area contributed by atoms with Crippen LogP contribution in [0.1, 0.15) is 50.4 Å². The Kier molecular flexibility index (Phi) is 10.6. The first-order valence-corrected chi connectivity index (χ1v) is 12.0. The van der Waals surface area contributed by atoms with Crippen molar-refractivity contribution in [2.45, 2.75) is 50.2 Å². The number of anilines is 1. The summed E-state index contributed by atoms with van der Waals surface area (Å²) >= 11 is 7.85. The first-order valence-electron chi connectivity index (χ1n) is 10.8. The standard InChI is InChI=1S/C24H27ClF3NO4S/c1-4-5-15(8-13(2)12-33-24(31)32)14(3)34-21-9-16(6-7-18(21)25)23(30)29-17-10-19(26)22(28)20(27)11-17/h6-7,9-11,13-15H,4-5,8,12H2,1-3H3,(H,29,30)(H,31,32). The van der Waals surface area contributed by atoms with Gasteiger partial charge < -0.3 is 15.2 Å². The number of rotatable bonds is 11. The van der Waals surface area contributed by atoms with E-state index < -0.39 is 29.5 Å². The number of benzene rings is 2. The van der Waals surface area contributed by atoms with E-state index in [1.807, 2.05) is 13.8 Å². The van der Waals surface area contributed by atoms with Gasteiger partial charge in [0, 0.05) is 33.5 Å². The molecule has 0 radical (unpaired) electrons. The summed E-state index contributed by atoms with van der Waals surface area (Å²) in [7, 11) is 0. The van der Waals surface area contributed by atoms with Crippen molar-refractivity contribution in [3.63, 3.8) is 0 Å². The Labute approximate surface area is 206 Å². The topological polar surface area (TPSA) is 75.6 Å². The summed E-state index contributed by atoms with van der Waals surface area (Å²) in [6.45, 7) is 6.17. The molecule has 0 saturated carbocycles. The third-order valence-corrected chi connectivity index (χ3v) is 7.06. The van der Waals surface area contributed by atoms with E-state index in [0.717, 1.165) is 19.3 Å². The molecule has 2 aromatic carbocycles. The van der Waals surface area contributed by atoms with Crippen LogP contribution in [0.4, 0.5) is 23.7 Å². The zero-order valence-corrected chi connectivity index (χ0v) is 20.6. The summed E-state index contributed by atoms with van der Waals surface area (Å²) < 4.78 is 44.7. The number of nitrogens with one attached hydrogen (secondary N) is 1. The predicted molar refractivity (Wildman–Crippen MR) is 127 cm³/mol. The van der Waals surface area contributed by atoms with Gasteiger partial charge in [-0.05, 0) is 42.9 Å². The number of hydrogen-bond donors (Lipinski definition) is 2. The number of thioether (sulfide) groups is 1. The van der Waals surface area contributed by atoms with E-state index in [9.17, 15) is 22.8 Å². The minimum Gasteiger partial charge on any atom is -0.450 e. The van der Waals surface area contributed by atoms with Crippen LogP contribution in [0.25, 0.3) is 0 Å². The Balaban J connectivity index is 2.13. The van der Waals surface area contributed by atoms with Gasteiger partial charge in [0.1, 0.15) is 0 Å². The van der Waals surface area contributed by atoms with Gasteiger partial charge in [0.15, 0.2) is 17.5 Å². The average Bonchev–Trinajstić information content (AvgIpc) is 2.77. The lowest BCUT2D eigenvalue weighted by atomic mass is 9.90. The zero-order chi connectivity index (χ0) is 25.4. The number of carbonyl (C=O) groups excluding carboxylic acids is 1. The monoisotopic (exact) mass is 517 g/mol. The number of ether oxygens (including phenoxy) is 1. The van der Waals surface area contributed by atoms with E-state index in [1.165, 1.54) is 17.8 Å². The smallest absolute Gasteiger partial charge is 0.450 e. The van der Waals surface area contributed by atoms with E-state index in [2.05, 4.69) is 17.0 Å². The van der Waals surface area contributed by atoms with Crippen molar-refractivity contribution in [2.24, 2.45) is 11.8 Å². The number of halogens is 4. The Morgan fingerprint density at radius 2 is 1.79 bits per heavy atom. The molecular weight excluding hydrogens is 491 g/mol. The van der Waals surface area contributed by atoms with Crippen LogP contribution >= 0.6 is 23.4 Å². The summed E-state index contributed by atoms with van der Waals surface area (Å²) in [6, 6.07) is 6.05. The molecule has 10 heteroatoms. The molecule has 2 rings (SSSR count). The highest BCUT2D eigenvalue weighted by atomic mass is 35.5. The van der Waals surface area contributed by atoms with Crippen LogP contribution < -0.4 is 5.32 Å². The highest BCUT2D eigenvalue weighted by molar-refractivity contribution is 8.00. The predicted octanol–water partition coefficient (Wildman–Crippen LogP) is 7.63. The molecule has 0 saturated heterocycles.